The largest absolute Gasteiger partial charge is 0.367 e. The number of nitrogens with two attached hydrogens (primary N) is 1. The Morgan fingerprint density at radius 1 is 1.50 bits per heavy atom. The van der Waals surface area contributed by atoms with Gasteiger partial charge in [-0.05, 0) is 30.4 Å². The van der Waals surface area contributed by atoms with Crippen LogP contribution in [0.5, 0.6) is 0 Å². The van der Waals surface area contributed by atoms with Crippen molar-refractivity contribution in [2.75, 3.05) is 18.5 Å². The first-order chi connectivity index (χ1) is 6.78. The van der Waals surface area contributed by atoms with Crippen molar-refractivity contribution in [3.05, 3.63) is 29.8 Å². The molecule has 0 spiro atoms. The molecule has 3 rings (SSSR count). The highest BCUT2D eigenvalue weighted by molar-refractivity contribution is 5.61. The molecule has 1 aromatic carbocycles. The molecule has 2 N–H and O–H groups in total. The Kier molecular flexibility index (Phi) is 1.49. The monoisotopic (exact) mass is 188 g/mol. The first-order valence-electron chi connectivity index (χ1n) is 5.30. The predicted molar refractivity (Wildman–Crippen MR) is 58.4 cm³/mol. The molecule has 2 nitrogen and oxygen atoms in total. The lowest BCUT2D eigenvalue weighted by Gasteiger charge is -2.36. The first kappa shape index (κ1) is 8.30. The number of rotatable bonds is 1. The van der Waals surface area contributed by atoms with Crippen LogP contribution in [0.15, 0.2) is 24.3 Å². The van der Waals surface area contributed by atoms with Crippen LogP contribution in [0.25, 0.3) is 0 Å². The Hall–Kier alpha value is -1.02. The zero-order valence-electron chi connectivity index (χ0n) is 8.53. The van der Waals surface area contributed by atoms with Gasteiger partial charge < -0.3 is 10.6 Å². The lowest BCUT2D eigenvalue weighted by molar-refractivity contribution is 0.544. The van der Waals surface area contributed by atoms with E-state index < -0.39 is 0 Å². The number of benzene rings is 1. The summed E-state index contributed by atoms with van der Waals surface area (Å²) in [5.41, 5.74) is 9.05. The highest BCUT2D eigenvalue weighted by Gasteiger charge is 2.58. The van der Waals surface area contributed by atoms with E-state index in [1.165, 1.54) is 24.1 Å². The maximum atomic E-state index is 5.89. The molecule has 1 aromatic rings. The van der Waals surface area contributed by atoms with E-state index in [2.05, 4.69) is 36.2 Å². The summed E-state index contributed by atoms with van der Waals surface area (Å²) in [4.78, 5) is 2.40. The molecule has 1 aliphatic heterocycles. The van der Waals surface area contributed by atoms with Crippen LogP contribution in [-0.4, -0.2) is 19.1 Å². The van der Waals surface area contributed by atoms with Crippen molar-refractivity contribution >= 4 is 5.69 Å². The summed E-state index contributed by atoms with van der Waals surface area (Å²) >= 11 is 0. The molecule has 2 heteroatoms. The lowest BCUT2D eigenvalue weighted by Crippen LogP contribution is -2.45. The minimum Gasteiger partial charge on any atom is -0.367 e. The molecule has 74 valence electrons. The summed E-state index contributed by atoms with van der Waals surface area (Å²) in [6.07, 6.45) is 2.49. The second kappa shape index (κ2) is 2.51. The molecule has 1 saturated carbocycles. The minimum absolute atomic E-state index is 0.300. The van der Waals surface area contributed by atoms with Gasteiger partial charge in [0.05, 0.1) is 5.54 Å². The normalized spacial score (nSPS) is 33.6. The molecule has 2 atom stereocenters. The van der Waals surface area contributed by atoms with Crippen LogP contribution in [0.2, 0.25) is 0 Å². The smallest absolute Gasteiger partial charge is 0.0556 e. The summed E-state index contributed by atoms with van der Waals surface area (Å²) < 4.78 is 0. The zero-order valence-corrected chi connectivity index (χ0v) is 8.53. The third-order valence-corrected chi connectivity index (χ3v) is 4.04. The third kappa shape index (κ3) is 0.845. The fourth-order valence-corrected chi connectivity index (χ4v) is 2.94. The predicted octanol–water partition coefficient (Wildman–Crippen LogP) is 1.40. The topological polar surface area (TPSA) is 29.3 Å². The maximum Gasteiger partial charge on any atom is 0.0556 e. The maximum absolute atomic E-state index is 5.89. The summed E-state index contributed by atoms with van der Waals surface area (Å²) in [5, 5.41) is 0. The van der Waals surface area contributed by atoms with Crippen molar-refractivity contribution in [3.63, 3.8) is 0 Å². The number of para-hydroxylation sites is 1. The second-order valence-electron chi connectivity index (χ2n) is 4.60. The van der Waals surface area contributed by atoms with Crippen molar-refractivity contribution in [2.24, 2.45) is 11.7 Å². The van der Waals surface area contributed by atoms with Gasteiger partial charge >= 0.3 is 0 Å². The van der Waals surface area contributed by atoms with E-state index in [1.54, 1.807) is 0 Å². The number of nitrogens with zero attached hydrogens (tertiary/aromatic N) is 1. The highest BCUT2D eigenvalue weighted by atomic mass is 15.2. The fourth-order valence-electron chi connectivity index (χ4n) is 2.94. The molecule has 0 bridgehead atoms. The highest BCUT2D eigenvalue weighted by Crippen LogP contribution is 2.54. The van der Waals surface area contributed by atoms with Crippen molar-refractivity contribution in [2.45, 2.75) is 18.4 Å². The average molecular weight is 188 g/mol. The standard InChI is InChI=1S/C12H16N2/c1-14-11-5-3-2-4-9(11)6-10-7-12(10,14)8-13/h2-5,10H,6-8,13H2,1H3. The van der Waals surface area contributed by atoms with Gasteiger partial charge in [0, 0.05) is 19.3 Å². The zero-order chi connectivity index (χ0) is 9.76. The number of fused-ring (bicyclic) bond motifs is 2. The Morgan fingerprint density at radius 3 is 3.07 bits per heavy atom. The Balaban J connectivity index is 2.07. The van der Waals surface area contributed by atoms with Crippen LogP contribution in [0.3, 0.4) is 0 Å². The van der Waals surface area contributed by atoms with Gasteiger partial charge in [0.25, 0.3) is 0 Å². The lowest BCUT2D eigenvalue weighted by atomic mass is 9.96. The van der Waals surface area contributed by atoms with E-state index in [0.29, 0.717) is 5.54 Å². The fraction of sp³-hybridized carbons (Fsp3) is 0.500. The number of anilines is 1. The van der Waals surface area contributed by atoms with E-state index in [4.69, 9.17) is 5.73 Å². The van der Waals surface area contributed by atoms with Gasteiger partial charge in [-0.2, -0.15) is 0 Å². The van der Waals surface area contributed by atoms with Crippen molar-refractivity contribution < 1.29 is 0 Å². The van der Waals surface area contributed by atoms with Crippen LogP contribution in [-0.2, 0) is 6.42 Å². The summed E-state index contributed by atoms with van der Waals surface area (Å²) in [6, 6.07) is 8.69. The van der Waals surface area contributed by atoms with E-state index in [-0.39, 0.29) is 0 Å². The van der Waals surface area contributed by atoms with Crippen LogP contribution in [0.4, 0.5) is 5.69 Å². The SMILES string of the molecule is CN1c2ccccc2CC2CC21CN. The van der Waals surface area contributed by atoms with Gasteiger partial charge in [0.2, 0.25) is 0 Å². The average Bonchev–Trinajstić information content (AvgIpc) is 2.94. The van der Waals surface area contributed by atoms with Crippen LogP contribution in [0, 0.1) is 5.92 Å². The van der Waals surface area contributed by atoms with Gasteiger partial charge in [-0.25, -0.2) is 0 Å². The van der Waals surface area contributed by atoms with Gasteiger partial charge in [0.15, 0.2) is 0 Å². The van der Waals surface area contributed by atoms with Crippen LogP contribution >= 0.6 is 0 Å². The van der Waals surface area contributed by atoms with Crippen LogP contribution < -0.4 is 10.6 Å². The van der Waals surface area contributed by atoms with Gasteiger partial charge in [-0.3, -0.25) is 0 Å². The number of likely N-dealkylation sites (N-methyl/N-ethyl adjacent to an activating group) is 1. The molecule has 2 aliphatic rings. The molecular formula is C12H16N2. The molecule has 0 radical (unpaired) electrons. The van der Waals surface area contributed by atoms with E-state index in [1.807, 2.05) is 0 Å². The molecule has 0 amide bonds. The molecule has 1 heterocycles. The molecule has 1 aliphatic carbocycles. The third-order valence-electron chi connectivity index (χ3n) is 4.04. The van der Waals surface area contributed by atoms with Crippen molar-refractivity contribution in [1.29, 1.82) is 0 Å². The second-order valence-corrected chi connectivity index (χ2v) is 4.60. The number of hydrogen-bond acceptors (Lipinski definition) is 2. The minimum atomic E-state index is 0.300. The molecular weight excluding hydrogens is 172 g/mol. The molecule has 14 heavy (non-hydrogen) atoms. The Morgan fingerprint density at radius 2 is 2.29 bits per heavy atom. The van der Waals surface area contributed by atoms with E-state index in [0.717, 1.165) is 12.5 Å². The number of hydrogen-bond donors (Lipinski definition) is 1. The Bertz CT molecular complexity index is 374. The van der Waals surface area contributed by atoms with Gasteiger partial charge in [-0.1, -0.05) is 18.2 Å². The summed E-state index contributed by atoms with van der Waals surface area (Å²) in [6.45, 7) is 0.794. The van der Waals surface area contributed by atoms with Crippen molar-refractivity contribution in [1.82, 2.24) is 0 Å². The molecule has 2 unspecified atom stereocenters. The van der Waals surface area contributed by atoms with E-state index >= 15 is 0 Å². The Labute approximate surface area is 84.7 Å². The molecule has 0 saturated heterocycles. The summed E-state index contributed by atoms with van der Waals surface area (Å²) in [7, 11) is 2.19. The van der Waals surface area contributed by atoms with Gasteiger partial charge in [0.1, 0.15) is 0 Å². The quantitative estimate of drug-likeness (QED) is 0.721. The van der Waals surface area contributed by atoms with Crippen molar-refractivity contribution in [3.8, 4) is 0 Å². The van der Waals surface area contributed by atoms with Crippen LogP contribution in [0.1, 0.15) is 12.0 Å². The van der Waals surface area contributed by atoms with E-state index in [9.17, 15) is 0 Å². The first-order valence-corrected chi connectivity index (χ1v) is 5.30. The summed E-state index contributed by atoms with van der Waals surface area (Å²) in [5.74, 6) is 0.799. The van der Waals surface area contributed by atoms with Gasteiger partial charge in [-0.15, -0.1) is 0 Å². The molecule has 1 fully saturated rings. The molecule has 0 aromatic heterocycles.